The smallest absolute Gasteiger partial charge is 0.0300 e. The van der Waals surface area contributed by atoms with Crippen LogP contribution < -0.4 is 10.6 Å². The quantitative estimate of drug-likeness (QED) is 0.777. The Kier molecular flexibility index (Phi) is 5.85. The van der Waals surface area contributed by atoms with Gasteiger partial charge >= 0.3 is 0 Å². The number of rotatable bonds is 6. The Morgan fingerprint density at radius 1 is 1.41 bits per heavy atom. The molecule has 1 aliphatic rings. The average molecular weight is 270 g/mol. The topological polar surface area (TPSA) is 24.1 Å². The standard InChI is InChI=1S/C13H22N2S2/c1-11-2-3-13(17-11)10-15-8-9-16-12-4-6-14-7-5-12/h2-3,12,14-15H,4-10H2,1H3. The van der Waals surface area contributed by atoms with Crippen LogP contribution in [0.2, 0.25) is 0 Å². The van der Waals surface area contributed by atoms with Crippen molar-refractivity contribution in [3.05, 3.63) is 21.9 Å². The molecule has 0 spiro atoms. The SMILES string of the molecule is Cc1ccc(CNCCSC2CCNCC2)s1. The summed E-state index contributed by atoms with van der Waals surface area (Å²) < 4.78 is 0. The van der Waals surface area contributed by atoms with Crippen molar-refractivity contribution in [2.75, 3.05) is 25.4 Å². The number of nitrogens with one attached hydrogen (secondary N) is 2. The van der Waals surface area contributed by atoms with Gasteiger partial charge in [-0.15, -0.1) is 11.3 Å². The lowest BCUT2D eigenvalue weighted by Crippen LogP contribution is -2.30. The Balaban J connectivity index is 1.51. The van der Waals surface area contributed by atoms with E-state index in [4.69, 9.17) is 0 Å². The van der Waals surface area contributed by atoms with Gasteiger partial charge in [-0.25, -0.2) is 0 Å². The first-order chi connectivity index (χ1) is 8.34. The van der Waals surface area contributed by atoms with Crippen LogP contribution in [0.1, 0.15) is 22.6 Å². The second-order valence-electron chi connectivity index (χ2n) is 4.51. The van der Waals surface area contributed by atoms with Crippen LogP contribution >= 0.6 is 23.1 Å². The molecular weight excluding hydrogens is 248 g/mol. The third-order valence-corrected chi connectivity index (χ3v) is 5.40. The summed E-state index contributed by atoms with van der Waals surface area (Å²) in [6.45, 7) is 6.75. The molecule has 0 unspecified atom stereocenters. The highest BCUT2D eigenvalue weighted by Crippen LogP contribution is 2.19. The highest BCUT2D eigenvalue weighted by molar-refractivity contribution is 7.99. The van der Waals surface area contributed by atoms with E-state index in [9.17, 15) is 0 Å². The van der Waals surface area contributed by atoms with Crippen LogP contribution in [0.3, 0.4) is 0 Å². The van der Waals surface area contributed by atoms with Crippen LogP contribution in [0.4, 0.5) is 0 Å². The summed E-state index contributed by atoms with van der Waals surface area (Å²) in [6.07, 6.45) is 2.68. The molecule has 2 N–H and O–H groups in total. The van der Waals surface area contributed by atoms with Gasteiger partial charge in [-0.1, -0.05) is 0 Å². The van der Waals surface area contributed by atoms with Gasteiger partial charge in [0.25, 0.3) is 0 Å². The molecule has 0 radical (unpaired) electrons. The van der Waals surface area contributed by atoms with Gasteiger partial charge in [0.2, 0.25) is 0 Å². The summed E-state index contributed by atoms with van der Waals surface area (Å²) >= 11 is 4.03. The van der Waals surface area contributed by atoms with E-state index in [1.165, 1.54) is 41.4 Å². The third-order valence-electron chi connectivity index (χ3n) is 3.01. The fourth-order valence-electron chi connectivity index (χ4n) is 2.05. The van der Waals surface area contributed by atoms with Crippen LogP contribution in [0.25, 0.3) is 0 Å². The van der Waals surface area contributed by atoms with E-state index >= 15 is 0 Å². The Labute approximate surface area is 113 Å². The van der Waals surface area contributed by atoms with E-state index < -0.39 is 0 Å². The van der Waals surface area contributed by atoms with Gasteiger partial charge in [-0.05, 0) is 45.0 Å². The number of piperidine rings is 1. The third kappa shape index (κ3) is 5.00. The first-order valence-electron chi connectivity index (χ1n) is 6.43. The molecule has 0 saturated carbocycles. The summed E-state index contributed by atoms with van der Waals surface area (Å²) in [5.74, 6) is 1.25. The summed E-state index contributed by atoms with van der Waals surface area (Å²) in [5, 5.41) is 7.83. The molecule has 2 heterocycles. The first kappa shape index (κ1) is 13.4. The lowest BCUT2D eigenvalue weighted by molar-refractivity contribution is 0.531. The van der Waals surface area contributed by atoms with Crippen LogP contribution in [0, 0.1) is 6.92 Å². The first-order valence-corrected chi connectivity index (χ1v) is 8.29. The van der Waals surface area contributed by atoms with Gasteiger partial charge < -0.3 is 10.6 Å². The minimum absolute atomic E-state index is 0.891. The van der Waals surface area contributed by atoms with Crippen molar-refractivity contribution < 1.29 is 0 Å². The molecule has 0 aliphatic carbocycles. The summed E-state index contributed by atoms with van der Waals surface area (Å²) in [6, 6.07) is 4.43. The van der Waals surface area contributed by atoms with E-state index in [0.29, 0.717) is 0 Å². The average Bonchev–Trinajstić information content (AvgIpc) is 2.76. The number of hydrogen-bond acceptors (Lipinski definition) is 4. The predicted molar refractivity (Wildman–Crippen MR) is 79.1 cm³/mol. The molecule has 1 fully saturated rings. The van der Waals surface area contributed by atoms with Gasteiger partial charge in [-0.2, -0.15) is 11.8 Å². The molecule has 1 aliphatic heterocycles. The summed E-state index contributed by atoms with van der Waals surface area (Å²) in [7, 11) is 0. The molecule has 2 rings (SSSR count). The summed E-state index contributed by atoms with van der Waals surface area (Å²) in [5.41, 5.74) is 0. The molecule has 17 heavy (non-hydrogen) atoms. The monoisotopic (exact) mass is 270 g/mol. The zero-order chi connectivity index (χ0) is 11.9. The van der Waals surface area contributed by atoms with E-state index in [-0.39, 0.29) is 0 Å². The van der Waals surface area contributed by atoms with E-state index in [0.717, 1.165) is 18.3 Å². The van der Waals surface area contributed by atoms with E-state index in [1.807, 2.05) is 11.3 Å². The van der Waals surface area contributed by atoms with Crippen molar-refractivity contribution in [3.8, 4) is 0 Å². The van der Waals surface area contributed by atoms with Crippen LogP contribution in [0.5, 0.6) is 0 Å². The normalized spacial score (nSPS) is 17.5. The fraction of sp³-hybridized carbons (Fsp3) is 0.692. The van der Waals surface area contributed by atoms with Crippen molar-refractivity contribution in [2.45, 2.75) is 31.6 Å². The molecule has 2 nitrogen and oxygen atoms in total. The number of aryl methyl sites for hydroxylation is 1. The minimum atomic E-state index is 0.891. The number of hydrogen-bond donors (Lipinski definition) is 2. The molecule has 96 valence electrons. The van der Waals surface area contributed by atoms with E-state index in [1.54, 1.807) is 0 Å². The Morgan fingerprint density at radius 3 is 2.94 bits per heavy atom. The molecule has 4 heteroatoms. The molecule has 1 saturated heterocycles. The van der Waals surface area contributed by atoms with Crippen molar-refractivity contribution in [2.24, 2.45) is 0 Å². The van der Waals surface area contributed by atoms with Gasteiger partial charge in [0, 0.05) is 33.8 Å². The zero-order valence-corrected chi connectivity index (χ0v) is 12.1. The highest BCUT2D eigenvalue weighted by atomic mass is 32.2. The maximum Gasteiger partial charge on any atom is 0.0300 e. The lowest BCUT2D eigenvalue weighted by Gasteiger charge is -2.21. The largest absolute Gasteiger partial charge is 0.317 e. The Hall–Kier alpha value is -0.0300. The second-order valence-corrected chi connectivity index (χ2v) is 7.29. The minimum Gasteiger partial charge on any atom is -0.317 e. The van der Waals surface area contributed by atoms with Gasteiger partial charge in [-0.3, -0.25) is 0 Å². The van der Waals surface area contributed by atoms with Gasteiger partial charge in [0.1, 0.15) is 0 Å². The van der Waals surface area contributed by atoms with Gasteiger partial charge in [0.15, 0.2) is 0 Å². The molecule has 1 aromatic heterocycles. The van der Waals surface area contributed by atoms with Crippen molar-refractivity contribution in [1.29, 1.82) is 0 Å². The van der Waals surface area contributed by atoms with Crippen molar-refractivity contribution in [3.63, 3.8) is 0 Å². The van der Waals surface area contributed by atoms with Crippen LogP contribution in [0.15, 0.2) is 12.1 Å². The molecular formula is C13H22N2S2. The molecule has 0 aromatic carbocycles. The predicted octanol–water partition coefficient (Wildman–Crippen LogP) is 2.63. The number of thiophene rings is 1. The lowest BCUT2D eigenvalue weighted by atomic mass is 10.2. The Bertz CT molecular complexity index is 319. The molecule has 0 atom stereocenters. The van der Waals surface area contributed by atoms with E-state index in [2.05, 4.69) is 41.5 Å². The zero-order valence-electron chi connectivity index (χ0n) is 10.5. The van der Waals surface area contributed by atoms with Crippen LogP contribution in [-0.4, -0.2) is 30.6 Å². The molecule has 1 aromatic rings. The van der Waals surface area contributed by atoms with Crippen LogP contribution in [-0.2, 0) is 6.54 Å². The fourth-order valence-corrected chi connectivity index (χ4v) is 4.08. The Morgan fingerprint density at radius 2 is 2.24 bits per heavy atom. The number of thioether (sulfide) groups is 1. The molecule has 0 amide bonds. The maximum atomic E-state index is 3.53. The maximum absolute atomic E-state index is 3.53. The van der Waals surface area contributed by atoms with Gasteiger partial charge in [0.05, 0.1) is 0 Å². The summed E-state index contributed by atoms with van der Waals surface area (Å²) in [4.78, 5) is 2.86. The molecule has 0 bridgehead atoms. The second kappa shape index (κ2) is 7.41. The van der Waals surface area contributed by atoms with Crippen molar-refractivity contribution in [1.82, 2.24) is 10.6 Å². The van der Waals surface area contributed by atoms with Crippen molar-refractivity contribution >= 4 is 23.1 Å². The highest BCUT2D eigenvalue weighted by Gasteiger charge is 2.12.